The van der Waals surface area contributed by atoms with E-state index in [1.165, 1.54) is 0 Å². The van der Waals surface area contributed by atoms with Gasteiger partial charge in [-0.2, -0.15) is 0 Å². The van der Waals surface area contributed by atoms with Gasteiger partial charge in [-0.15, -0.1) is 24.8 Å². The summed E-state index contributed by atoms with van der Waals surface area (Å²) in [5, 5.41) is 14.1. The van der Waals surface area contributed by atoms with Crippen LogP contribution >= 0.6 is 24.8 Å². The number of halogens is 2. The van der Waals surface area contributed by atoms with E-state index in [0.29, 0.717) is 0 Å². The number of piperazine rings is 1. The normalized spacial score (nSPS) is 17.0. The lowest BCUT2D eigenvalue weighted by molar-refractivity contribution is -0.384. The predicted octanol–water partition coefficient (Wildman–Crippen LogP) is 3.43. The molecule has 1 aromatic rings. The van der Waals surface area contributed by atoms with Crippen LogP contribution in [0.1, 0.15) is 32.4 Å². The molecule has 0 spiro atoms. The largest absolute Gasteiger partial charge is 0.314 e. The van der Waals surface area contributed by atoms with Crippen molar-refractivity contribution in [2.45, 2.75) is 26.8 Å². The molecule has 0 aliphatic carbocycles. The lowest BCUT2D eigenvalue weighted by atomic mass is 9.81. The van der Waals surface area contributed by atoms with Crippen molar-refractivity contribution in [3.05, 3.63) is 39.9 Å². The van der Waals surface area contributed by atoms with Gasteiger partial charge in [0.25, 0.3) is 5.69 Å². The summed E-state index contributed by atoms with van der Waals surface area (Å²) in [6.07, 6.45) is 0. The molecule has 1 N–H and O–H groups in total. The molecule has 126 valence electrons. The Morgan fingerprint density at radius 2 is 1.64 bits per heavy atom. The lowest BCUT2D eigenvalue weighted by Crippen LogP contribution is -2.48. The predicted molar refractivity (Wildman–Crippen MR) is 94.2 cm³/mol. The van der Waals surface area contributed by atoms with Crippen LogP contribution < -0.4 is 5.32 Å². The third-order valence-electron chi connectivity index (χ3n) is 3.76. The number of hydrogen-bond donors (Lipinski definition) is 1. The van der Waals surface area contributed by atoms with Crippen molar-refractivity contribution >= 4 is 30.5 Å². The second-order valence-electron chi connectivity index (χ2n) is 6.40. The molecule has 1 aliphatic heterocycles. The van der Waals surface area contributed by atoms with Crippen LogP contribution in [0.25, 0.3) is 0 Å². The van der Waals surface area contributed by atoms with Crippen molar-refractivity contribution in [3.8, 4) is 0 Å². The molecule has 1 aliphatic rings. The van der Waals surface area contributed by atoms with Gasteiger partial charge in [0.15, 0.2) is 0 Å². The fourth-order valence-electron chi connectivity index (χ4n) is 2.98. The summed E-state index contributed by atoms with van der Waals surface area (Å²) in [6, 6.07) is 7.30. The smallest absolute Gasteiger partial charge is 0.269 e. The van der Waals surface area contributed by atoms with E-state index >= 15 is 0 Å². The van der Waals surface area contributed by atoms with Gasteiger partial charge in [-0.1, -0.05) is 32.9 Å². The Morgan fingerprint density at radius 3 is 2.05 bits per heavy atom. The maximum absolute atomic E-state index is 10.8. The van der Waals surface area contributed by atoms with Crippen LogP contribution in [0.4, 0.5) is 5.69 Å². The third-order valence-corrected chi connectivity index (χ3v) is 3.76. The fourth-order valence-corrected chi connectivity index (χ4v) is 2.98. The molecule has 7 heteroatoms. The molecule has 22 heavy (non-hydrogen) atoms. The van der Waals surface area contributed by atoms with Gasteiger partial charge in [-0.3, -0.25) is 15.0 Å². The zero-order valence-electron chi connectivity index (χ0n) is 13.2. The summed E-state index contributed by atoms with van der Waals surface area (Å²) in [5.41, 5.74) is 1.40. The van der Waals surface area contributed by atoms with Crippen molar-refractivity contribution in [2.24, 2.45) is 5.41 Å². The van der Waals surface area contributed by atoms with Crippen LogP contribution in [-0.4, -0.2) is 36.0 Å². The molecule has 1 heterocycles. The zero-order valence-corrected chi connectivity index (χ0v) is 14.9. The van der Waals surface area contributed by atoms with Gasteiger partial charge < -0.3 is 5.32 Å². The fraction of sp³-hybridized carbons (Fsp3) is 0.600. The van der Waals surface area contributed by atoms with E-state index in [4.69, 9.17) is 0 Å². The summed E-state index contributed by atoms with van der Waals surface area (Å²) in [6.45, 7) is 10.7. The molecule has 1 aromatic carbocycles. The Balaban J connectivity index is 0.00000220. The Labute approximate surface area is 144 Å². The van der Waals surface area contributed by atoms with Gasteiger partial charge >= 0.3 is 0 Å². The number of nitrogens with one attached hydrogen (secondary N) is 1. The first-order chi connectivity index (χ1) is 9.39. The van der Waals surface area contributed by atoms with Gasteiger partial charge in [-0.25, -0.2) is 0 Å². The quantitative estimate of drug-likeness (QED) is 0.670. The van der Waals surface area contributed by atoms with Crippen LogP contribution in [-0.2, 0) is 0 Å². The Kier molecular flexibility index (Phi) is 8.33. The van der Waals surface area contributed by atoms with E-state index in [2.05, 4.69) is 31.0 Å². The van der Waals surface area contributed by atoms with Crippen LogP contribution in [0.15, 0.2) is 24.3 Å². The minimum Gasteiger partial charge on any atom is -0.314 e. The average molecular weight is 350 g/mol. The number of rotatable bonds is 3. The van der Waals surface area contributed by atoms with Crippen LogP contribution in [0.5, 0.6) is 0 Å². The minimum atomic E-state index is -0.347. The number of hydrogen-bond acceptors (Lipinski definition) is 4. The van der Waals surface area contributed by atoms with Crippen LogP contribution in [0.3, 0.4) is 0 Å². The van der Waals surface area contributed by atoms with E-state index < -0.39 is 0 Å². The van der Waals surface area contributed by atoms with Crippen LogP contribution in [0.2, 0.25) is 0 Å². The zero-order chi connectivity index (χ0) is 14.8. The highest BCUT2D eigenvalue weighted by Gasteiger charge is 2.32. The lowest BCUT2D eigenvalue weighted by Gasteiger charge is -2.42. The number of nitro benzene ring substituents is 1. The maximum Gasteiger partial charge on any atom is 0.269 e. The molecule has 1 atom stereocenters. The number of benzene rings is 1. The van der Waals surface area contributed by atoms with Crippen LogP contribution in [0, 0.1) is 15.5 Å². The van der Waals surface area contributed by atoms with Crippen molar-refractivity contribution in [2.75, 3.05) is 26.2 Å². The molecule has 5 nitrogen and oxygen atoms in total. The second kappa shape index (κ2) is 8.67. The minimum absolute atomic E-state index is 0. The van der Waals surface area contributed by atoms with Gasteiger partial charge in [0, 0.05) is 44.4 Å². The van der Waals surface area contributed by atoms with E-state index in [9.17, 15) is 10.1 Å². The first kappa shape index (κ1) is 21.1. The maximum atomic E-state index is 10.8. The molecule has 0 unspecified atom stereocenters. The van der Waals surface area contributed by atoms with Gasteiger partial charge in [0.1, 0.15) is 0 Å². The SMILES string of the molecule is CC(C)(C)[C@H](c1ccc([N+](=O)[O-])cc1)N1CCNCC1.Cl.Cl. The monoisotopic (exact) mass is 349 g/mol. The molecule has 1 saturated heterocycles. The van der Waals surface area contributed by atoms with Crippen molar-refractivity contribution in [3.63, 3.8) is 0 Å². The van der Waals surface area contributed by atoms with E-state index in [1.54, 1.807) is 12.1 Å². The van der Waals surface area contributed by atoms with E-state index in [-0.39, 0.29) is 46.9 Å². The molecule has 0 amide bonds. The molecule has 0 saturated carbocycles. The molecule has 2 rings (SSSR count). The van der Waals surface area contributed by atoms with Crippen molar-refractivity contribution < 1.29 is 4.92 Å². The number of nitro groups is 1. The number of nitrogens with zero attached hydrogens (tertiary/aromatic N) is 2. The van der Waals surface area contributed by atoms with Gasteiger partial charge in [0.2, 0.25) is 0 Å². The Morgan fingerprint density at radius 1 is 1.14 bits per heavy atom. The van der Waals surface area contributed by atoms with Gasteiger partial charge in [0.05, 0.1) is 4.92 Å². The molecule has 1 fully saturated rings. The molecular weight excluding hydrogens is 325 g/mol. The standard InChI is InChI=1S/C15H23N3O2.2ClH/c1-15(2,3)14(17-10-8-16-9-11-17)12-4-6-13(7-5-12)18(19)20;;/h4-7,14,16H,8-11H2,1-3H3;2*1H/t14-;;/m0../s1. The number of non-ortho nitro benzene ring substituents is 1. The summed E-state index contributed by atoms with van der Waals surface area (Å²) in [5.74, 6) is 0. The Hall–Kier alpha value is -0.880. The van der Waals surface area contributed by atoms with Gasteiger partial charge in [-0.05, 0) is 11.0 Å². The van der Waals surface area contributed by atoms with E-state index in [0.717, 1.165) is 31.7 Å². The highest BCUT2D eigenvalue weighted by molar-refractivity contribution is 5.85. The molecule has 0 bridgehead atoms. The first-order valence-electron chi connectivity index (χ1n) is 7.09. The molecular formula is C15H25Cl2N3O2. The summed E-state index contributed by atoms with van der Waals surface area (Å²) >= 11 is 0. The third kappa shape index (κ3) is 5.09. The topological polar surface area (TPSA) is 58.4 Å². The highest BCUT2D eigenvalue weighted by Crippen LogP contribution is 2.38. The van der Waals surface area contributed by atoms with Crippen molar-refractivity contribution in [1.82, 2.24) is 10.2 Å². The Bertz CT molecular complexity index is 469. The van der Waals surface area contributed by atoms with E-state index in [1.807, 2.05) is 12.1 Å². The summed E-state index contributed by atoms with van der Waals surface area (Å²) in [7, 11) is 0. The average Bonchev–Trinajstić information content (AvgIpc) is 2.39. The molecule has 0 aromatic heterocycles. The highest BCUT2D eigenvalue weighted by atomic mass is 35.5. The summed E-state index contributed by atoms with van der Waals surface area (Å²) in [4.78, 5) is 12.9. The van der Waals surface area contributed by atoms with Crippen molar-refractivity contribution in [1.29, 1.82) is 0 Å². The first-order valence-corrected chi connectivity index (χ1v) is 7.09. The molecule has 0 radical (unpaired) electrons. The summed E-state index contributed by atoms with van der Waals surface area (Å²) < 4.78 is 0. The second-order valence-corrected chi connectivity index (χ2v) is 6.40.